The quantitative estimate of drug-likeness (QED) is 0.756. The van der Waals surface area contributed by atoms with Crippen molar-refractivity contribution < 1.29 is 14.3 Å². The van der Waals surface area contributed by atoms with Gasteiger partial charge in [-0.3, -0.25) is 9.59 Å². The van der Waals surface area contributed by atoms with Gasteiger partial charge in [0.1, 0.15) is 0 Å². The normalized spacial score (nSPS) is 17.5. The highest BCUT2D eigenvalue weighted by Gasteiger charge is 2.24. The van der Waals surface area contributed by atoms with Gasteiger partial charge in [0.2, 0.25) is 0 Å². The fraction of sp³-hybridized carbons (Fsp3) is 0.400. The van der Waals surface area contributed by atoms with Crippen molar-refractivity contribution in [2.75, 3.05) is 26.8 Å². The lowest BCUT2D eigenvalue weighted by Crippen LogP contribution is -2.41. The van der Waals surface area contributed by atoms with Crippen LogP contribution in [-0.2, 0) is 4.74 Å². The molecule has 132 valence electrons. The van der Waals surface area contributed by atoms with Crippen molar-refractivity contribution in [1.82, 2.24) is 4.90 Å². The maximum absolute atomic E-state index is 12.9. The average Bonchev–Trinajstić information content (AvgIpc) is 3.12. The molecule has 1 aliphatic heterocycles. The van der Waals surface area contributed by atoms with Crippen LogP contribution in [-0.4, -0.2) is 43.4 Å². The molecule has 0 spiro atoms. The molecular weight excluding hydrogens is 334 g/mol. The molecule has 2 heterocycles. The number of ether oxygens (including phenoxy) is 1. The molecule has 3 rings (SSSR count). The zero-order valence-electron chi connectivity index (χ0n) is 14.7. The number of likely N-dealkylation sites (tertiary alicyclic amines) is 1. The molecule has 1 unspecified atom stereocenters. The van der Waals surface area contributed by atoms with Crippen LogP contribution in [0, 0.1) is 5.92 Å². The molecule has 0 aliphatic carbocycles. The van der Waals surface area contributed by atoms with Crippen molar-refractivity contribution in [3.05, 3.63) is 46.2 Å². The Bertz CT molecular complexity index is 766. The van der Waals surface area contributed by atoms with E-state index in [0.29, 0.717) is 18.1 Å². The number of carbonyl (C=O) groups excluding carboxylic acids is 2. The van der Waals surface area contributed by atoms with Crippen molar-refractivity contribution in [3.8, 4) is 11.1 Å². The molecule has 0 N–H and O–H groups in total. The van der Waals surface area contributed by atoms with Gasteiger partial charge in [0.15, 0.2) is 5.78 Å². The van der Waals surface area contributed by atoms with Gasteiger partial charge in [0.25, 0.3) is 5.91 Å². The Morgan fingerprint density at radius 3 is 2.92 bits per heavy atom. The summed E-state index contributed by atoms with van der Waals surface area (Å²) in [5.41, 5.74) is 2.50. The molecule has 1 fully saturated rings. The van der Waals surface area contributed by atoms with E-state index in [1.54, 1.807) is 14.0 Å². The third-order valence-electron chi connectivity index (χ3n) is 4.61. The average molecular weight is 357 g/mol. The van der Waals surface area contributed by atoms with Gasteiger partial charge in [0, 0.05) is 31.3 Å². The standard InChI is InChI=1S/C20H23NO3S/c1-14(22)19-18(8-10-25-19)16-6-3-7-17(11-16)20(23)21-9-4-5-15(12-21)13-24-2/h3,6-8,10-11,15H,4-5,9,12-13H2,1-2H3. The minimum absolute atomic E-state index is 0.0557. The first-order valence-electron chi connectivity index (χ1n) is 8.57. The summed E-state index contributed by atoms with van der Waals surface area (Å²) < 4.78 is 5.25. The van der Waals surface area contributed by atoms with E-state index < -0.39 is 0 Å². The minimum atomic E-state index is 0.0557. The molecule has 1 aromatic heterocycles. The summed E-state index contributed by atoms with van der Waals surface area (Å²) in [6, 6.07) is 9.54. The van der Waals surface area contributed by atoms with Crippen molar-refractivity contribution >= 4 is 23.0 Å². The van der Waals surface area contributed by atoms with Crippen LogP contribution in [0.3, 0.4) is 0 Å². The first kappa shape index (κ1) is 17.8. The third-order valence-corrected chi connectivity index (χ3v) is 5.63. The Morgan fingerprint density at radius 2 is 2.16 bits per heavy atom. The Balaban J connectivity index is 1.82. The van der Waals surface area contributed by atoms with Gasteiger partial charge in [-0.2, -0.15) is 0 Å². The van der Waals surface area contributed by atoms with Gasteiger partial charge in [-0.25, -0.2) is 0 Å². The van der Waals surface area contributed by atoms with Gasteiger partial charge in [-0.15, -0.1) is 11.3 Å². The highest BCUT2D eigenvalue weighted by molar-refractivity contribution is 7.12. The molecular formula is C20H23NO3S. The molecule has 25 heavy (non-hydrogen) atoms. The fourth-order valence-corrected chi connectivity index (χ4v) is 4.25. The molecule has 0 saturated carbocycles. The van der Waals surface area contributed by atoms with Crippen LogP contribution in [0.1, 0.15) is 39.8 Å². The molecule has 1 amide bonds. The van der Waals surface area contributed by atoms with Gasteiger partial charge < -0.3 is 9.64 Å². The zero-order valence-corrected chi connectivity index (χ0v) is 15.5. The van der Waals surface area contributed by atoms with Crippen LogP contribution in [0.4, 0.5) is 0 Å². The number of methoxy groups -OCH3 is 1. The Hall–Kier alpha value is -1.98. The number of amides is 1. The predicted molar refractivity (Wildman–Crippen MR) is 100 cm³/mol. The van der Waals surface area contributed by atoms with Crippen molar-refractivity contribution in [1.29, 1.82) is 0 Å². The predicted octanol–water partition coefficient (Wildman–Crippen LogP) is 4.12. The van der Waals surface area contributed by atoms with Crippen LogP contribution < -0.4 is 0 Å². The maximum Gasteiger partial charge on any atom is 0.253 e. The molecule has 1 aliphatic rings. The molecule has 0 bridgehead atoms. The van der Waals surface area contributed by atoms with E-state index in [-0.39, 0.29) is 11.7 Å². The van der Waals surface area contributed by atoms with E-state index in [0.717, 1.165) is 41.9 Å². The molecule has 1 saturated heterocycles. The summed E-state index contributed by atoms with van der Waals surface area (Å²) in [7, 11) is 1.71. The lowest BCUT2D eigenvalue weighted by Gasteiger charge is -2.32. The van der Waals surface area contributed by atoms with Crippen LogP contribution >= 0.6 is 11.3 Å². The van der Waals surface area contributed by atoms with E-state index in [1.165, 1.54) is 11.3 Å². The summed E-state index contributed by atoms with van der Waals surface area (Å²) in [5, 5.41) is 1.92. The second-order valence-corrected chi connectivity index (χ2v) is 7.43. The van der Waals surface area contributed by atoms with Crippen LogP contribution in [0.2, 0.25) is 0 Å². The number of thiophene rings is 1. The molecule has 5 heteroatoms. The van der Waals surface area contributed by atoms with E-state index in [2.05, 4.69) is 0 Å². The summed E-state index contributed by atoms with van der Waals surface area (Å²) in [6.45, 7) is 3.81. The largest absolute Gasteiger partial charge is 0.384 e. The molecule has 0 radical (unpaired) electrons. The number of hydrogen-bond acceptors (Lipinski definition) is 4. The SMILES string of the molecule is COCC1CCCN(C(=O)c2cccc(-c3ccsc3C(C)=O)c2)C1. The number of piperidine rings is 1. The molecule has 4 nitrogen and oxygen atoms in total. The van der Waals surface area contributed by atoms with Crippen LogP contribution in [0.5, 0.6) is 0 Å². The van der Waals surface area contributed by atoms with E-state index in [9.17, 15) is 9.59 Å². The maximum atomic E-state index is 12.9. The monoisotopic (exact) mass is 357 g/mol. The van der Waals surface area contributed by atoms with E-state index in [4.69, 9.17) is 4.74 Å². The third kappa shape index (κ3) is 3.99. The van der Waals surface area contributed by atoms with Gasteiger partial charge >= 0.3 is 0 Å². The van der Waals surface area contributed by atoms with Crippen LogP contribution in [0.15, 0.2) is 35.7 Å². The second kappa shape index (κ2) is 7.93. The highest BCUT2D eigenvalue weighted by Crippen LogP contribution is 2.30. The zero-order chi connectivity index (χ0) is 17.8. The Kier molecular flexibility index (Phi) is 5.66. The fourth-order valence-electron chi connectivity index (χ4n) is 3.43. The lowest BCUT2D eigenvalue weighted by atomic mass is 9.97. The number of nitrogens with zero attached hydrogens (tertiary/aromatic N) is 1. The smallest absolute Gasteiger partial charge is 0.253 e. The molecule has 2 aromatic rings. The summed E-state index contributed by atoms with van der Waals surface area (Å²) in [6.07, 6.45) is 2.12. The van der Waals surface area contributed by atoms with Gasteiger partial charge in [0.05, 0.1) is 11.5 Å². The van der Waals surface area contributed by atoms with Gasteiger partial charge in [-0.05, 0) is 54.8 Å². The number of benzene rings is 1. The van der Waals surface area contributed by atoms with Crippen LogP contribution in [0.25, 0.3) is 11.1 Å². The van der Waals surface area contributed by atoms with Crippen molar-refractivity contribution in [3.63, 3.8) is 0 Å². The lowest BCUT2D eigenvalue weighted by molar-refractivity contribution is 0.0571. The van der Waals surface area contributed by atoms with Gasteiger partial charge in [-0.1, -0.05) is 12.1 Å². The summed E-state index contributed by atoms with van der Waals surface area (Å²) >= 11 is 1.44. The second-order valence-electron chi connectivity index (χ2n) is 6.52. The Morgan fingerprint density at radius 1 is 1.32 bits per heavy atom. The Labute approximate surface area is 152 Å². The van der Waals surface area contributed by atoms with Crippen molar-refractivity contribution in [2.45, 2.75) is 19.8 Å². The topological polar surface area (TPSA) is 46.6 Å². The summed E-state index contributed by atoms with van der Waals surface area (Å²) in [4.78, 5) is 27.4. The number of hydrogen-bond donors (Lipinski definition) is 0. The van der Waals surface area contributed by atoms with Crippen molar-refractivity contribution in [2.24, 2.45) is 5.92 Å². The molecule has 1 aromatic carbocycles. The van der Waals surface area contributed by atoms with E-state index in [1.807, 2.05) is 40.6 Å². The first-order valence-corrected chi connectivity index (χ1v) is 9.45. The number of ketones is 1. The number of Topliss-reactive ketones (excluding diaryl/α,β-unsaturated/α-hetero) is 1. The number of carbonyl (C=O) groups is 2. The summed E-state index contributed by atoms with van der Waals surface area (Å²) in [5.74, 6) is 0.523. The first-order chi connectivity index (χ1) is 12.1. The number of rotatable bonds is 5. The highest BCUT2D eigenvalue weighted by atomic mass is 32.1. The van der Waals surface area contributed by atoms with E-state index >= 15 is 0 Å². The minimum Gasteiger partial charge on any atom is -0.384 e. The molecule has 1 atom stereocenters.